The quantitative estimate of drug-likeness (QED) is 0.867. The monoisotopic (exact) mass is 234 g/mol. The summed E-state index contributed by atoms with van der Waals surface area (Å²) in [6, 6.07) is 6.88. The van der Waals surface area contributed by atoms with Gasteiger partial charge >= 0.3 is 0 Å². The number of rotatable bonds is 4. The summed E-state index contributed by atoms with van der Waals surface area (Å²) in [6.07, 6.45) is 3.24. The van der Waals surface area contributed by atoms with E-state index in [0.29, 0.717) is 18.3 Å². The van der Waals surface area contributed by atoms with Crippen molar-refractivity contribution in [2.45, 2.75) is 25.3 Å². The first kappa shape index (κ1) is 11.9. The number of anilines is 1. The molecule has 4 heteroatoms. The van der Waals surface area contributed by atoms with Crippen LogP contribution in [0.25, 0.3) is 0 Å². The Bertz CT molecular complexity index is 438. The van der Waals surface area contributed by atoms with E-state index in [0.717, 1.165) is 19.3 Å². The molecular weight excluding hydrogens is 219 g/mol. The second-order valence-electron chi connectivity index (χ2n) is 4.25. The molecule has 1 aromatic carbocycles. The molecule has 0 heterocycles. The Morgan fingerprint density at radius 3 is 2.76 bits per heavy atom. The summed E-state index contributed by atoms with van der Waals surface area (Å²) in [6.45, 7) is 0.459. The number of benzene rings is 1. The largest absolute Gasteiger partial charge is 0.395 e. The van der Waals surface area contributed by atoms with Gasteiger partial charge in [0.25, 0.3) is 0 Å². The summed E-state index contributed by atoms with van der Waals surface area (Å²) in [5.41, 5.74) is 0.680. The van der Waals surface area contributed by atoms with Crippen molar-refractivity contribution in [3.63, 3.8) is 0 Å². The van der Waals surface area contributed by atoms with Crippen molar-refractivity contribution in [3.8, 4) is 6.07 Å². The molecule has 1 aromatic rings. The minimum absolute atomic E-state index is 0.0118. The molecule has 0 aromatic heterocycles. The second kappa shape index (κ2) is 5.15. The number of nitriles is 1. The summed E-state index contributed by atoms with van der Waals surface area (Å²) < 4.78 is 13.5. The fraction of sp³-hybridized carbons (Fsp3) is 0.462. The molecule has 90 valence electrons. The lowest BCUT2D eigenvalue weighted by molar-refractivity contribution is 0.283. The molecule has 0 unspecified atom stereocenters. The number of halogens is 1. The topological polar surface area (TPSA) is 47.3 Å². The maximum atomic E-state index is 13.5. The van der Waals surface area contributed by atoms with Crippen molar-refractivity contribution in [2.75, 3.05) is 18.1 Å². The van der Waals surface area contributed by atoms with E-state index >= 15 is 0 Å². The van der Waals surface area contributed by atoms with E-state index in [-0.39, 0.29) is 12.2 Å². The first-order chi connectivity index (χ1) is 8.27. The smallest absolute Gasteiger partial charge is 0.143 e. The van der Waals surface area contributed by atoms with Crippen molar-refractivity contribution < 1.29 is 9.50 Å². The van der Waals surface area contributed by atoms with Gasteiger partial charge in [-0.3, -0.25) is 0 Å². The number of aliphatic hydroxyl groups is 1. The first-order valence-electron chi connectivity index (χ1n) is 5.84. The maximum absolute atomic E-state index is 13.5. The van der Waals surface area contributed by atoms with Gasteiger partial charge in [0, 0.05) is 12.6 Å². The fourth-order valence-corrected chi connectivity index (χ4v) is 2.17. The Morgan fingerprint density at radius 1 is 1.47 bits per heavy atom. The van der Waals surface area contributed by atoms with Crippen LogP contribution in [0.5, 0.6) is 0 Å². The predicted octanol–water partition coefficient (Wildman–Crippen LogP) is 2.05. The molecule has 0 radical (unpaired) electrons. The highest BCUT2D eigenvalue weighted by atomic mass is 19.1. The first-order valence-corrected chi connectivity index (χ1v) is 5.84. The summed E-state index contributed by atoms with van der Waals surface area (Å²) >= 11 is 0. The van der Waals surface area contributed by atoms with Gasteiger partial charge in [0.05, 0.1) is 12.3 Å². The third kappa shape index (κ3) is 2.25. The molecule has 17 heavy (non-hydrogen) atoms. The Kier molecular flexibility index (Phi) is 3.60. The highest BCUT2D eigenvalue weighted by Gasteiger charge is 2.27. The van der Waals surface area contributed by atoms with Crippen LogP contribution in [0.4, 0.5) is 10.1 Å². The van der Waals surface area contributed by atoms with Crippen molar-refractivity contribution in [2.24, 2.45) is 0 Å². The van der Waals surface area contributed by atoms with Crippen molar-refractivity contribution in [1.82, 2.24) is 0 Å². The molecule has 1 aliphatic carbocycles. The fourth-order valence-electron chi connectivity index (χ4n) is 2.17. The highest BCUT2D eigenvalue weighted by molar-refractivity contribution is 5.60. The molecule has 0 aliphatic heterocycles. The Morgan fingerprint density at radius 2 is 2.24 bits per heavy atom. The SMILES string of the molecule is N#Cc1c(F)cccc1N(CCO)C1CCC1. The average molecular weight is 234 g/mol. The van der Waals surface area contributed by atoms with Gasteiger partial charge in [-0.2, -0.15) is 5.26 Å². The number of hydrogen-bond acceptors (Lipinski definition) is 3. The minimum Gasteiger partial charge on any atom is -0.395 e. The van der Waals surface area contributed by atoms with Gasteiger partial charge in [0.15, 0.2) is 0 Å². The van der Waals surface area contributed by atoms with Crippen LogP contribution in [0.15, 0.2) is 18.2 Å². The summed E-state index contributed by atoms with van der Waals surface area (Å²) in [5.74, 6) is -0.493. The van der Waals surface area contributed by atoms with Gasteiger partial charge < -0.3 is 10.0 Å². The predicted molar refractivity (Wildman–Crippen MR) is 63.2 cm³/mol. The Hall–Kier alpha value is -1.60. The molecule has 0 saturated heterocycles. The Balaban J connectivity index is 2.35. The molecule has 1 aliphatic rings. The summed E-state index contributed by atoms with van der Waals surface area (Å²) in [7, 11) is 0. The van der Waals surface area contributed by atoms with E-state index in [1.54, 1.807) is 12.1 Å². The maximum Gasteiger partial charge on any atom is 0.143 e. The van der Waals surface area contributed by atoms with E-state index in [2.05, 4.69) is 0 Å². The third-order valence-electron chi connectivity index (χ3n) is 3.27. The van der Waals surface area contributed by atoms with Gasteiger partial charge in [0.1, 0.15) is 17.4 Å². The van der Waals surface area contributed by atoms with E-state index in [9.17, 15) is 4.39 Å². The zero-order chi connectivity index (χ0) is 12.3. The molecule has 0 bridgehead atoms. The molecule has 1 N–H and O–H groups in total. The highest BCUT2D eigenvalue weighted by Crippen LogP contribution is 2.32. The second-order valence-corrected chi connectivity index (χ2v) is 4.25. The molecular formula is C13H15FN2O. The van der Waals surface area contributed by atoms with E-state index in [1.165, 1.54) is 6.07 Å². The molecule has 0 spiro atoms. The molecule has 3 nitrogen and oxygen atoms in total. The number of aliphatic hydroxyl groups excluding tert-OH is 1. The van der Waals surface area contributed by atoms with E-state index < -0.39 is 5.82 Å². The van der Waals surface area contributed by atoms with Gasteiger partial charge in [-0.1, -0.05) is 6.07 Å². The number of hydrogen-bond donors (Lipinski definition) is 1. The van der Waals surface area contributed by atoms with Gasteiger partial charge in [-0.25, -0.2) is 4.39 Å². The standard InChI is InChI=1S/C13H15FN2O/c14-12-5-2-6-13(11(12)9-15)16(7-8-17)10-3-1-4-10/h2,5-6,10,17H,1,3-4,7-8H2. The summed E-state index contributed by atoms with van der Waals surface area (Å²) in [5, 5.41) is 18.1. The van der Waals surface area contributed by atoms with Crippen LogP contribution in [-0.4, -0.2) is 24.3 Å². The van der Waals surface area contributed by atoms with Gasteiger partial charge in [-0.15, -0.1) is 0 Å². The lowest BCUT2D eigenvalue weighted by Crippen LogP contribution is -2.42. The minimum atomic E-state index is -0.493. The van der Waals surface area contributed by atoms with Gasteiger partial charge in [0.2, 0.25) is 0 Å². The molecule has 2 rings (SSSR count). The van der Waals surface area contributed by atoms with Crippen LogP contribution in [0.3, 0.4) is 0 Å². The lowest BCUT2D eigenvalue weighted by Gasteiger charge is -2.39. The van der Waals surface area contributed by atoms with Gasteiger partial charge in [-0.05, 0) is 31.4 Å². The van der Waals surface area contributed by atoms with E-state index in [1.807, 2.05) is 11.0 Å². The lowest BCUT2D eigenvalue weighted by atomic mass is 9.90. The van der Waals surface area contributed by atoms with Crippen LogP contribution in [0.1, 0.15) is 24.8 Å². The van der Waals surface area contributed by atoms with E-state index in [4.69, 9.17) is 10.4 Å². The van der Waals surface area contributed by atoms with Crippen molar-refractivity contribution >= 4 is 5.69 Å². The van der Waals surface area contributed by atoms with Crippen LogP contribution in [0, 0.1) is 17.1 Å². The molecule has 1 fully saturated rings. The molecule has 1 saturated carbocycles. The molecule has 0 amide bonds. The normalized spacial score (nSPS) is 15.1. The van der Waals surface area contributed by atoms with Crippen LogP contribution < -0.4 is 4.90 Å². The van der Waals surface area contributed by atoms with Crippen LogP contribution >= 0.6 is 0 Å². The zero-order valence-corrected chi connectivity index (χ0v) is 9.56. The van der Waals surface area contributed by atoms with Crippen LogP contribution in [-0.2, 0) is 0 Å². The number of nitrogens with zero attached hydrogens (tertiary/aromatic N) is 2. The van der Waals surface area contributed by atoms with Crippen molar-refractivity contribution in [3.05, 3.63) is 29.6 Å². The average Bonchev–Trinajstić information content (AvgIpc) is 2.26. The van der Waals surface area contributed by atoms with Crippen molar-refractivity contribution in [1.29, 1.82) is 5.26 Å². The van der Waals surface area contributed by atoms with Crippen LogP contribution in [0.2, 0.25) is 0 Å². The molecule has 0 atom stereocenters. The Labute approximate surface area is 100 Å². The third-order valence-corrected chi connectivity index (χ3v) is 3.27. The zero-order valence-electron chi connectivity index (χ0n) is 9.56. The summed E-state index contributed by atoms with van der Waals surface area (Å²) in [4.78, 5) is 1.95.